The van der Waals surface area contributed by atoms with E-state index < -0.39 is 6.04 Å². The van der Waals surface area contributed by atoms with Gasteiger partial charge in [-0.1, -0.05) is 26.8 Å². The Labute approximate surface area is 151 Å². The van der Waals surface area contributed by atoms with E-state index in [1.807, 2.05) is 64.0 Å². The van der Waals surface area contributed by atoms with E-state index in [9.17, 15) is 4.79 Å². The SMILES string of the molecule is CN(C)CCOc1cccc(NC(=O)[C@@H](N)C(C)(C)C)c1.Cl.Cl. The Morgan fingerprint density at radius 1 is 1.30 bits per heavy atom. The number of ether oxygens (including phenoxy) is 1. The predicted molar refractivity (Wildman–Crippen MR) is 101 cm³/mol. The maximum Gasteiger partial charge on any atom is 0.241 e. The van der Waals surface area contributed by atoms with Crippen LogP contribution in [-0.2, 0) is 4.79 Å². The predicted octanol–water partition coefficient (Wildman–Crippen LogP) is 2.78. The molecule has 1 rings (SSSR count). The molecule has 0 aliphatic heterocycles. The zero-order valence-electron chi connectivity index (χ0n) is 14.5. The molecule has 0 aliphatic rings. The Morgan fingerprint density at radius 2 is 1.91 bits per heavy atom. The summed E-state index contributed by atoms with van der Waals surface area (Å²) in [5, 5.41) is 2.83. The highest BCUT2D eigenvalue weighted by Crippen LogP contribution is 2.21. The van der Waals surface area contributed by atoms with Crippen LogP contribution in [0.1, 0.15) is 20.8 Å². The minimum atomic E-state index is -0.559. The van der Waals surface area contributed by atoms with Crippen molar-refractivity contribution in [3.05, 3.63) is 24.3 Å². The third kappa shape index (κ3) is 9.01. The number of hydrogen-bond donors (Lipinski definition) is 2. The summed E-state index contributed by atoms with van der Waals surface area (Å²) in [7, 11) is 3.99. The van der Waals surface area contributed by atoms with E-state index in [1.165, 1.54) is 0 Å². The van der Waals surface area contributed by atoms with Gasteiger partial charge in [-0.3, -0.25) is 4.79 Å². The van der Waals surface area contributed by atoms with Gasteiger partial charge in [-0.25, -0.2) is 0 Å². The number of nitrogens with zero attached hydrogens (tertiary/aromatic N) is 1. The number of nitrogens with two attached hydrogens (primary N) is 1. The van der Waals surface area contributed by atoms with Crippen LogP contribution in [0, 0.1) is 5.41 Å². The first-order chi connectivity index (χ1) is 9.70. The van der Waals surface area contributed by atoms with E-state index in [4.69, 9.17) is 10.5 Å². The van der Waals surface area contributed by atoms with Gasteiger partial charge in [-0.15, -0.1) is 24.8 Å². The van der Waals surface area contributed by atoms with Crippen molar-refractivity contribution >= 4 is 36.4 Å². The molecule has 3 N–H and O–H groups in total. The van der Waals surface area contributed by atoms with Crippen LogP contribution in [0.3, 0.4) is 0 Å². The Kier molecular flexibility index (Phi) is 11.3. The normalized spacial score (nSPS) is 12.0. The van der Waals surface area contributed by atoms with Crippen LogP contribution in [-0.4, -0.2) is 44.1 Å². The quantitative estimate of drug-likeness (QED) is 0.813. The molecule has 0 fully saturated rings. The highest BCUT2D eigenvalue weighted by atomic mass is 35.5. The van der Waals surface area contributed by atoms with Gasteiger partial charge < -0.3 is 20.7 Å². The molecule has 0 heterocycles. The van der Waals surface area contributed by atoms with Crippen molar-refractivity contribution in [3.63, 3.8) is 0 Å². The fourth-order valence-corrected chi connectivity index (χ4v) is 1.62. The van der Waals surface area contributed by atoms with Gasteiger partial charge in [0.2, 0.25) is 5.91 Å². The lowest BCUT2D eigenvalue weighted by atomic mass is 9.87. The molecule has 0 saturated carbocycles. The van der Waals surface area contributed by atoms with Crippen LogP contribution in [0.15, 0.2) is 24.3 Å². The lowest BCUT2D eigenvalue weighted by Crippen LogP contribution is -2.45. The summed E-state index contributed by atoms with van der Waals surface area (Å²) in [6.45, 7) is 7.27. The van der Waals surface area contributed by atoms with Gasteiger partial charge in [0.25, 0.3) is 0 Å². The van der Waals surface area contributed by atoms with Crippen LogP contribution in [0.25, 0.3) is 0 Å². The zero-order valence-corrected chi connectivity index (χ0v) is 16.1. The molecule has 23 heavy (non-hydrogen) atoms. The van der Waals surface area contributed by atoms with Crippen LogP contribution in [0.4, 0.5) is 5.69 Å². The molecule has 7 heteroatoms. The van der Waals surface area contributed by atoms with Crippen LogP contribution < -0.4 is 15.8 Å². The van der Waals surface area contributed by atoms with Crippen molar-refractivity contribution in [3.8, 4) is 5.75 Å². The fraction of sp³-hybridized carbons (Fsp3) is 0.562. The Balaban J connectivity index is 0. The highest BCUT2D eigenvalue weighted by molar-refractivity contribution is 5.95. The van der Waals surface area contributed by atoms with Crippen LogP contribution in [0.5, 0.6) is 5.75 Å². The maximum absolute atomic E-state index is 12.1. The van der Waals surface area contributed by atoms with E-state index in [-0.39, 0.29) is 36.1 Å². The topological polar surface area (TPSA) is 67.6 Å². The number of benzene rings is 1. The van der Waals surface area contributed by atoms with Crippen molar-refractivity contribution in [2.24, 2.45) is 11.1 Å². The summed E-state index contributed by atoms with van der Waals surface area (Å²) in [6.07, 6.45) is 0. The smallest absolute Gasteiger partial charge is 0.241 e. The number of hydrogen-bond acceptors (Lipinski definition) is 4. The number of carbonyl (C=O) groups excluding carboxylic acids is 1. The largest absolute Gasteiger partial charge is 0.492 e. The van der Waals surface area contributed by atoms with Gasteiger partial charge in [-0.05, 0) is 31.6 Å². The molecule has 134 valence electrons. The van der Waals surface area contributed by atoms with Gasteiger partial charge >= 0.3 is 0 Å². The third-order valence-electron chi connectivity index (χ3n) is 3.12. The lowest BCUT2D eigenvalue weighted by molar-refractivity contribution is -0.119. The van der Waals surface area contributed by atoms with Gasteiger partial charge in [0.15, 0.2) is 0 Å². The maximum atomic E-state index is 12.1. The number of nitrogens with one attached hydrogen (secondary N) is 1. The molecule has 1 amide bonds. The molecule has 0 radical (unpaired) electrons. The molecule has 0 aliphatic carbocycles. The Morgan fingerprint density at radius 3 is 2.43 bits per heavy atom. The first-order valence-corrected chi connectivity index (χ1v) is 7.14. The summed E-state index contributed by atoms with van der Waals surface area (Å²) in [5.74, 6) is 0.548. The molecule has 0 bridgehead atoms. The van der Waals surface area contributed by atoms with E-state index >= 15 is 0 Å². The number of carbonyl (C=O) groups is 1. The molecule has 0 spiro atoms. The van der Waals surface area contributed by atoms with Gasteiger partial charge in [0.1, 0.15) is 12.4 Å². The summed E-state index contributed by atoms with van der Waals surface area (Å²) in [5.41, 5.74) is 6.37. The monoisotopic (exact) mass is 365 g/mol. The van der Waals surface area contributed by atoms with Crippen molar-refractivity contribution in [2.75, 3.05) is 32.6 Å². The zero-order chi connectivity index (χ0) is 16.0. The summed E-state index contributed by atoms with van der Waals surface area (Å²) in [4.78, 5) is 14.1. The average molecular weight is 366 g/mol. The van der Waals surface area contributed by atoms with Gasteiger partial charge in [0, 0.05) is 18.3 Å². The van der Waals surface area contributed by atoms with E-state index in [0.29, 0.717) is 12.3 Å². The fourth-order valence-electron chi connectivity index (χ4n) is 1.62. The molecule has 0 unspecified atom stereocenters. The van der Waals surface area contributed by atoms with E-state index in [2.05, 4.69) is 5.32 Å². The molecule has 1 aromatic rings. The Bertz CT molecular complexity index is 477. The molecular formula is C16H29Cl2N3O2. The van der Waals surface area contributed by atoms with Crippen LogP contribution >= 0.6 is 24.8 Å². The third-order valence-corrected chi connectivity index (χ3v) is 3.12. The van der Waals surface area contributed by atoms with Gasteiger partial charge in [0.05, 0.1) is 6.04 Å². The highest BCUT2D eigenvalue weighted by Gasteiger charge is 2.27. The number of likely N-dealkylation sites (N-methyl/N-ethyl adjacent to an activating group) is 1. The van der Waals surface area contributed by atoms with Gasteiger partial charge in [-0.2, -0.15) is 0 Å². The molecule has 1 atom stereocenters. The standard InChI is InChI=1S/C16H27N3O2.2ClH/c1-16(2,3)14(17)15(20)18-12-7-6-8-13(11-12)21-10-9-19(4)5;;/h6-8,11,14H,9-10,17H2,1-5H3,(H,18,20);2*1H/t14-;;/m1../s1. The minimum Gasteiger partial charge on any atom is -0.492 e. The minimum absolute atomic E-state index is 0. The molecule has 5 nitrogen and oxygen atoms in total. The lowest BCUT2D eigenvalue weighted by Gasteiger charge is -2.25. The van der Waals surface area contributed by atoms with Crippen molar-refractivity contribution in [2.45, 2.75) is 26.8 Å². The molecule has 1 aromatic carbocycles. The summed E-state index contributed by atoms with van der Waals surface area (Å²) < 4.78 is 5.64. The first-order valence-electron chi connectivity index (χ1n) is 7.14. The Hall–Kier alpha value is -1.01. The average Bonchev–Trinajstić information content (AvgIpc) is 2.36. The van der Waals surface area contributed by atoms with Crippen LogP contribution in [0.2, 0.25) is 0 Å². The second kappa shape index (κ2) is 10.7. The number of rotatable bonds is 6. The second-order valence-electron chi connectivity index (χ2n) is 6.51. The number of anilines is 1. The van der Waals surface area contributed by atoms with E-state index in [0.717, 1.165) is 12.3 Å². The molecule has 0 saturated heterocycles. The first kappa shape index (κ1) is 24.2. The summed E-state index contributed by atoms with van der Waals surface area (Å²) in [6, 6.07) is 6.79. The number of halogens is 2. The van der Waals surface area contributed by atoms with E-state index in [1.54, 1.807) is 0 Å². The second-order valence-corrected chi connectivity index (χ2v) is 6.51. The van der Waals surface area contributed by atoms with Crippen molar-refractivity contribution in [1.29, 1.82) is 0 Å². The van der Waals surface area contributed by atoms with Crippen molar-refractivity contribution < 1.29 is 9.53 Å². The summed E-state index contributed by atoms with van der Waals surface area (Å²) >= 11 is 0. The van der Waals surface area contributed by atoms with Crippen molar-refractivity contribution in [1.82, 2.24) is 4.90 Å². The molecule has 0 aromatic heterocycles. The number of amides is 1. The molecular weight excluding hydrogens is 337 g/mol.